The van der Waals surface area contributed by atoms with Crippen molar-refractivity contribution in [2.45, 2.75) is 24.5 Å². The molecule has 2 rings (SSSR count). The number of aliphatic hydroxyl groups excluding tert-OH is 1. The number of hydrogen-bond donors (Lipinski definition) is 1. The van der Waals surface area contributed by atoms with Crippen molar-refractivity contribution in [3.05, 3.63) is 34.9 Å². The monoisotopic (exact) mass is 223 g/mol. The van der Waals surface area contributed by atoms with E-state index in [-0.39, 0.29) is 0 Å². The zero-order valence-corrected chi connectivity index (χ0v) is 8.74. The van der Waals surface area contributed by atoms with Crippen molar-refractivity contribution in [2.24, 2.45) is 4.99 Å². The topological polar surface area (TPSA) is 49.7 Å². The molecule has 0 spiro atoms. The lowest BCUT2D eigenvalue weighted by Gasteiger charge is -2.41. The number of benzene rings is 1. The number of hydrogen-bond acceptors (Lipinski definition) is 3. The van der Waals surface area contributed by atoms with Gasteiger partial charge in [0.2, 0.25) is 6.08 Å². The van der Waals surface area contributed by atoms with Gasteiger partial charge in [-0.2, -0.15) is 4.99 Å². The van der Waals surface area contributed by atoms with Crippen LogP contribution in [0.5, 0.6) is 0 Å². The van der Waals surface area contributed by atoms with Crippen molar-refractivity contribution in [3.63, 3.8) is 0 Å². The van der Waals surface area contributed by atoms with Crippen LogP contribution in [0.15, 0.2) is 29.3 Å². The number of isocyanates is 1. The lowest BCUT2D eigenvalue weighted by Crippen LogP contribution is -2.43. The summed E-state index contributed by atoms with van der Waals surface area (Å²) in [5.74, 6) is 0. The fourth-order valence-corrected chi connectivity index (χ4v) is 2.33. The molecule has 3 nitrogen and oxygen atoms in total. The highest BCUT2D eigenvalue weighted by molar-refractivity contribution is 6.31. The van der Waals surface area contributed by atoms with Gasteiger partial charge in [-0.1, -0.05) is 29.8 Å². The van der Waals surface area contributed by atoms with Crippen molar-refractivity contribution >= 4 is 17.7 Å². The van der Waals surface area contributed by atoms with Crippen LogP contribution in [-0.2, 0) is 10.3 Å². The van der Waals surface area contributed by atoms with Crippen molar-refractivity contribution in [1.82, 2.24) is 0 Å². The molecule has 0 aromatic heterocycles. The molecule has 0 bridgehead atoms. The van der Waals surface area contributed by atoms with E-state index in [0.717, 1.165) is 5.56 Å². The average molecular weight is 224 g/mol. The first-order chi connectivity index (χ1) is 7.18. The van der Waals surface area contributed by atoms with Crippen molar-refractivity contribution in [3.8, 4) is 0 Å². The maximum atomic E-state index is 10.4. The summed E-state index contributed by atoms with van der Waals surface area (Å²) >= 11 is 6.03. The quantitative estimate of drug-likeness (QED) is 0.616. The van der Waals surface area contributed by atoms with E-state index < -0.39 is 11.6 Å². The van der Waals surface area contributed by atoms with Crippen LogP contribution in [0.4, 0.5) is 0 Å². The number of aliphatic hydroxyl groups is 1. The molecule has 15 heavy (non-hydrogen) atoms. The molecule has 0 unspecified atom stereocenters. The molecule has 0 heterocycles. The standard InChI is InChI=1S/C11H10ClNO2/c12-10-4-2-1-3-9(10)11(13-7-14)5-8(15)6-11/h1-4,8,15H,5-6H2. The Labute approximate surface area is 92.4 Å². The molecule has 1 N–H and O–H groups in total. The number of rotatable bonds is 2. The van der Waals surface area contributed by atoms with Crippen LogP contribution in [0.1, 0.15) is 18.4 Å². The molecule has 0 aliphatic heterocycles. The molecule has 78 valence electrons. The van der Waals surface area contributed by atoms with Gasteiger partial charge in [-0.15, -0.1) is 0 Å². The molecule has 0 radical (unpaired) electrons. The van der Waals surface area contributed by atoms with E-state index in [1.54, 1.807) is 12.1 Å². The van der Waals surface area contributed by atoms with Crippen LogP contribution in [0.25, 0.3) is 0 Å². The number of nitrogens with zero attached hydrogens (tertiary/aromatic N) is 1. The summed E-state index contributed by atoms with van der Waals surface area (Å²) < 4.78 is 0. The van der Waals surface area contributed by atoms with Crippen LogP contribution in [0, 0.1) is 0 Å². The van der Waals surface area contributed by atoms with Crippen LogP contribution >= 0.6 is 11.6 Å². The second kappa shape index (κ2) is 3.78. The zero-order valence-electron chi connectivity index (χ0n) is 7.98. The van der Waals surface area contributed by atoms with Crippen molar-refractivity contribution < 1.29 is 9.90 Å². The van der Waals surface area contributed by atoms with E-state index in [0.29, 0.717) is 17.9 Å². The van der Waals surface area contributed by atoms with Gasteiger partial charge in [0.1, 0.15) is 5.54 Å². The Morgan fingerprint density at radius 2 is 2.13 bits per heavy atom. The van der Waals surface area contributed by atoms with Gasteiger partial charge >= 0.3 is 0 Å². The second-order valence-electron chi connectivity index (χ2n) is 3.78. The van der Waals surface area contributed by atoms with Crippen LogP contribution in [0.3, 0.4) is 0 Å². The van der Waals surface area contributed by atoms with Gasteiger partial charge in [0, 0.05) is 17.9 Å². The average Bonchev–Trinajstić information content (AvgIpc) is 2.16. The molecule has 1 aliphatic rings. The molecule has 0 amide bonds. The SMILES string of the molecule is O=C=NC1(c2ccccc2Cl)CC(O)C1. The number of halogens is 1. The zero-order chi connectivity index (χ0) is 10.9. The van der Waals surface area contributed by atoms with E-state index in [2.05, 4.69) is 4.99 Å². The van der Waals surface area contributed by atoms with Crippen molar-refractivity contribution in [2.75, 3.05) is 0 Å². The summed E-state index contributed by atoms with van der Waals surface area (Å²) in [6.45, 7) is 0. The largest absolute Gasteiger partial charge is 0.393 e. The number of aliphatic imine (C=N–C) groups is 1. The molecule has 1 aromatic carbocycles. The number of carbonyl (C=O) groups excluding carboxylic acids is 1. The Morgan fingerprint density at radius 1 is 1.47 bits per heavy atom. The minimum Gasteiger partial charge on any atom is -0.393 e. The Kier molecular flexibility index (Phi) is 2.61. The molecular weight excluding hydrogens is 214 g/mol. The van der Waals surface area contributed by atoms with Gasteiger partial charge in [0.25, 0.3) is 0 Å². The highest BCUT2D eigenvalue weighted by Crippen LogP contribution is 2.47. The smallest absolute Gasteiger partial charge is 0.235 e. The Morgan fingerprint density at radius 3 is 2.67 bits per heavy atom. The van der Waals surface area contributed by atoms with E-state index in [9.17, 15) is 9.90 Å². The minimum atomic E-state index is -0.653. The first kappa shape index (κ1) is 10.4. The summed E-state index contributed by atoms with van der Waals surface area (Å²) in [5, 5.41) is 9.90. The van der Waals surface area contributed by atoms with E-state index in [1.807, 2.05) is 18.2 Å². The van der Waals surface area contributed by atoms with Gasteiger partial charge in [0.05, 0.1) is 6.10 Å². The van der Waals surface area contributed by atoms with Gasteiger partial charge in [0.15, 0.2) is 0 Å². The molecule has 1 saturated carbocycles. The van der Waals surface area contributed by atoms with Crippen LogP contribution in [0.2, 0.25) is 5.02 Å². The molecule has 1 fully saturated rings. The fraction of sp³-hybridized carbons (Fsp3) is 0.364. The van der Waals surface area contributed by atoms with Crippen molar-refractivity contribution in [1.29, 1.82) is 0 Å². The van der Waals surface area contributed by atoms with E-state index >= 15 is 0 Å². The Balaban J connectivity index is 2.43. The van der Waals surface area contributed by atoms with Crippen LogP contribution < -0.4 is 0 Å². The second-order valence-corrected chi connectivity index (χ2v) is 4.18. The van der Waals surface area contributed by atoms with E-state index in [4.69, 9.17) is 11.6 Å². The molecule has 1 aliphatic carbocycles. The summed E-state index contributed by atoms with van der Waals surface area (Å²) in [5.41, 5.74) is 0.139. The lowest BCUT2D eigenvalue weighted by atomic mass is 9.70. The first-order valence-corrected chi connectivity index (χ1v) is 5.08. The Hall–Kier alpha value is -1.15. The molecular formula is C11H10ClNO2. The Bertz CT molecular complexity index is 420. The summed E-state index contributed by atoms with van der Waals surface area (Å²) in [6, 6.07) is 7.24. The third-order valence-electron chi connectivity index (χ3n) is 2.78. The lowest BCUT2D eigenvalue weighted by molar-refractivity contribution is 0.0224. The third kappa shape index (κ3) is 1.70. The predicted octanol–water partition coefficient (Wildman–Crippen LogP) is 2.03. The molecule has 1 aromatic rings. The highest BCUT2D eigenvalue weighted by atomic mass is 35.5. The predicted molar refractivity (Wildman–Crippen MR) is 56.5 cm³/mol. The minimum absolute atomic E-state index is 0.404. The van der Waals surface area contributed by atoms with E-state index in [1.165, 1.54) is 0 Å². The highest BCUT2D eigenvalue weighted by Gasteiger charge is 2.46. The van der Waals surface area contributed by atoms with Gasteiger partial charge < -0.3 is 5.11 Å². The third-order valence-corrected chi connectivity index (χ3v) is 3.11. The first-order valence-electron chi connectivity index (χ1n) is 4.70. The molecule has 4 heteroatoms. The van der Waals surface area contributed by atoms with Gasteiger partial charge in [-0.3, -0.25) is 0 Å². The maximum absolute atomic E-state index is 10.4. The summed E-state index contributed by atoms with van der Waals surface area (Å²) in [4.78, 5) is 14.2. The normalized spacial score (nSPS) is 29.1. The van der Waals surface area contributed by atoms with Gasteiger partial charge in [-0.05, 0) is 11.6 Å². The van der Waals surface area contributed by atoms with Gasteiger partial charge in [-0.25, -0.2) is 4.79 Å². The summed E-state index contributed by atoms with van der Waals surface area (Å²) in [6.07, 6.45) is 2.03. The molecule has 0 atom stereocenters. The fourth-order valence-electron chi connectivity index (χ4n) is 2.02. The summed E-state index contributed by atoms with van der Waals surface area (Å²) in [7, 11) is 0. The van der Waals surface area contributed by atoms with Crippen LogP contribution in [-0.4, -0.2) is 17.3 Å². The maximum Gasteiger partial charge on any atom is 0.235 e. The molecule has 0 saturated heterocycles.